The van der Waals surface area contributed by atoms with Crippen LogP contribution in [-0.4, -0.2) is 27.0 Å². The Morgan fingerprint density at radius 2 is 1.88 bits per heavy atom. The summed E-state index contributed by atoms with van der Waals surface area (Å²) in [6.45, 7) is -0.314. The summed E-state index contributed by atoms with van der Waals surface area (Å²) in [6, 6.07) is 9.11. The summed E-state index contributed by atoms with van der Waals surface area (Å²) in [5.74, 6) is 1.19. The Morgan fingerprint density at radius 1 is 1.12 bits per heavy atom. The van der Waals surface area contributed by atoms with E-state index in [1.165, 1.54) is 37.0 Å². The van der Waals surface area contributed by atoms with Gasteiger partial charge in [-0.15, -0.1) is 0 Å². The van der Waals surface area contributed by atoms with Crippen molar-refractivity contribution in [2.45, 2.75) is 70.3 Å². The number of fused-ring (bicyclic) bond motifs is 1. The molecule has 1 fully saturated rings. The van der Waals surface area contributed by atoms with Crippen LogP contribution in [-0.2, 0) is 11.2 Å². The minimum Gasteiger partial charge on any atom is -0.389 e. The third kappa shape index (κ3) is 4.04. The molecular weight excluding hydrogens is 300 g/mol. The van der Waals surface area contributed by atoms with E-state index in [2.05, 4.69) is 28.8 Å². The molecule has 4 heteroatoms. The molecule has 4 nitrogen and oxygen atoms in total. The summed E-state index contributed by atoms with van der Waals surface area (Å²) >= 11 is 0. The van der Waals surface area contributed by atoms with Gasteiger partial charge in [-0.2, -0.15) is 0 Å². The number of aryl methyl sites for hydroxylation is 1. The Labute approximate surface area is 143 Å². The molecule has 1 aromatic carbocycles. The lowest BCUT2D eigenvalue weighted by molar-refractivity contribution is -0.121. The fourth-order valence-corrected chi connectivity index (χ4v) is 3.88. The lowest BCUT2D eigenvalue weighted by Gasteiger charge is -2.16. The number of unbranched alkanes of at least 4 members (excludes halogenated alkanes) is 3. The Bertz CT molecular complexity index is 671. The number of Topliss-reactive ketones (excluding diaryl/α,β-unsaturated/α-hetero) is 1. The molecular formula is C20H28N2O2. The number of carbonyl (C=O) groups is 1. The molecule has 1 N–H and O–H groups in total. The van der Waals surface area contributed by atoms with Crippen molar-refractivity contribution in [1.82, 2.24) is 9.55 Å². The monoisotopic (exact) mass is 328 g/mol. The van der Waals surface area contributed by atoms with Crippen molar-refractivity contribution in [2.24, 2.45) is 0 Å². The Morgan fingerprint density at radius 3 is 2.67 bits per heavy atom. The zero-order valence-electron chi connectivity index (χ0n) is 14.4. The lowest BCUT2D eigenvalue weighted by Crippen LogP contribution is -2.09. The van der Waals surface area contributed by atoms with Crippen molar-refractivity contribution in [3.05, 3.63) is 30.1 Å². The van der Waals surface area contributed by atoms with Crippen LogP contribution < -0.4 is 0 Å². The maximum Gasteiger partial charge on any atom is 0.158 e. The number of nitrogens with zero attached hydrogens (tertiary/aromatic N) is 2. The van der Waals surface area contributed by atoms with Gasteiger partial charge in [0, 0.05) is 18.9 Å². The molecule has 1 aliphatic rings. The van der Waals surface area contributed by atoms with Crippen LogP contribution in [0, 0.1) is 0 Å². The normalized spacial score (nSPS) is 15.4. The molecule has 1 aliphatic carbocycles. The number of benzene rings is 1. The number of ketones is 1. The van der Waals surface area contributed by atoms with Crippen molar-refractivity contribution in [2.75, 3.05) is 6.61 Å². The molecule has 1 saturated carbocycles. The molecule has 0 aliphatic heterocycles. The van der Waals surface area contributed by atoms with E-state index >= 15 is 0 Å². The van der Waals surface area contributed by atoms with Crippen molar-refractivity contribution in [3.63, 3.8) is 0 Å². The minimum absolute atomic E-state index is 0.0435. The van der Waals surface area contributed by atoms with E-state index in [1.807, 2.05) is 0 Å². The number of para-hydroxylation sites is 2. The highest BCUT2D eigenvalue weighted by Crippen LogP contribution is 2.34. The molecule has 0 unspecified atom stereocenters. The molecule has 0 bridgehead atoms. The summed E-state index contributed by atoms with van der Waals surface area (Å²) in [5, 5.41) is 8.73. The van der Waals surface area contributed by atoms with Gasteiger partial charge in [0.25, 0.3) is 0 Å². The van der Waals surface area contributed by atoms with E-state index in [9.17, 15) is 4.79 Å². The van der Waals surface area contributed by atoms with Gasteiger partial charge in [-0.25, -0.2) is 4.98 Å². The first-order chi connectivity index (χ1) is 11.8. The fourth-order valence-electron chi connectivity index (χ4n) is 3.88. The average molecular weight is 328 g/mol. The molecule has 0 amide bonds. The molecule has 3 rings (SSSR count). The Balaban J connectivity index is 1.59. The van der Waals surface area contributed by atoms with Crippen LogP contribution in [0.4, 0.5) is 0 Å². The lowest BCUT2D eigenvalue weighted by atomic mass is 10.1. The maximum atomic E-state index is 11.1. The van der Waals surface area contributed by atoms with E-state index in [0.29, 0.717) is 12.5 Å². The quantitative estimate of drug-likeness (QED) is 0.702. The largest absolute Gasteiger partial charge is 0.389 e. The molecule has 0 saturated heterocycles. The molecule has 1 heterocycles. The van der Waals surface area contributed by atoms with Crippen molar-refractivity contribution in [3.8, 4) is 0 Å². The van der Waals surface area contributed by atoms with Gasteiger partial charge in [0.1, 0.15) is 12.4 Å². The third-order valence-electron chi connectivity index (χ3n) is 5.14. The number of hydrogen-bond acceptors (Lipinski definition) is 3. The summed E-state index contributed by atoms with van der Waals surface area (Å²) < 4.78 is 2.50. The molecule has 1 aromatic heterocycles. The van der Waals surface area contributed by atoms with Gasteiger partial charge < -0.3 is 9.67 Å². The third-order valence-corrected chi connectivity index (χ3v) is 5.14. The number of imidazole rings is 1. The van der Waals surface area contributed by atoms with Gasteiger partial charge in [-0.3, -0.25) is 4.79 Å². The molecule has 0 spiro atoms. The number of hydrogen-bond donors (Lipinski definition) is 1. The first-order valence-corrected chi connectivity index (χ1v) is 9.38. The minimum atomic E-state index is -0.314. The van der Waals surface area contributed by atoms with E-state index in [-0.39, 0.29) is 12.4 Å². The van der Waals surface area contributed by atoms with E-state index in [0.717, 1.165) is 37.6 Å². The van der Waals surface area contributed by atoms with Gasteiger partial charge in [-0.1, -0.05) is 37.8 Å². The number of carbonyl (C=O) groups excluding carboxylic acids is 1. The van der Waals surface area contributed by atoms with E-state index in [1.54, 1.807) is 0 Å². The molecule has 24 heavy (non-hydrogen) atoms. The summed E-state index contributed by atoms with van der Waals surface area (Å²) in [5.41, 5.74) is 2.40. The highest BCUT2D eigenvalue weighted by Gasteiger charge is 2.22. The Hall–Kier alpha value is -1.68. The highest BCUT2D eigenvalue weighted by molar-refractivity contribution is 5.79. The van der Waals surface area contributed by atoms with E-state index < -0.39 is 0 Å². The zero-order chi connectivity index (χ0) is 16.8. The van der Waals surface area contributed by atoms with Gasteiger partial charge in [0.2, 0.25) is 0 Å². The van der Waals surface area contributed by atoms with Gasteiger partial charge in [-0.05, 0) is 37.8 Å². The van der Waals surface area contributed by atoms with Crippen molar-refractivity contribution in [1.29, 1.82) is 0 Å². The summed E-state index contributed by atoms with van der Waals surface area (Å²) in [7, 11) is 0. The van der Waals surface area contributed by atoms with Crippen LogP contribution in [0.1, 0.15) is 69.7 Å². The summed E-state index contributed by atoms with van der Waals surface area (Å²) in [6.07, 6.45) is 10.9. The van der Waals surface area contributed by atoms with Crippen LogP contribution in [0.3, 0.4) is 0 Å². The maximum absolute atomic E-state index is 11.1. The molecule has 130 valence electrons. The predicted octanol–water partition coefficient (Wildman–Crippen LogP) is 4.21. The van der Waals surface area contributed by atoms with Gasteiger partial charge >= 0.3 is 0 Å². The molecule has 0 atom stereocenters. The first kappa shape index (κ1) is 17.2. The van der Waals surface area contributed by atoms with Gasteiger partial charge in [0.05, 0.1) is 11.0 Å². The molecule has 2 aromatic rings. The van der Waals surface area contributed by atoms with Crippen LogP contribution in [0.5, 0.6) is 0 Å². The zero-order valence-corrected chi connectivity index (χ0v) is 14.4. The van der Waals surface area contributed by atoms with Crippen LogP contribution in [0.15, 0.2) is 24.3 Å². The predicted molar refractivity (Wildman–Crippen MR) is 96.1 cm³/mol. The van der Waals surface area contributed by atoms with Gasteiger partial charge in [0.15, 0.2) is 5.78 Å². The van der Waals surface area contributed by atoms with Crippen LogP contribution in [0.2, 0.25) is 0 Å². The number of aromatic nitrogens is 2. The fraction of sp³-hybridized carbons (Fsp3) is 0.600. The number of rotatable bonds is 9. The van der Waals surface area contributed by atoms with E-state index in [4.69, 9.17) is 10.1 Å². The smallest absolute Gasteiger partial charge is 0.158 e. The van der Waals surface area contributed by atoms with Crippen LogP contribution >= 0.6 is 0 Å². The summed E-state index contributed by atoms with van der Waals surface area (Å²) in [4.78, 5) is 16.0. The highest BCUT2D eigenvalue weighted by atomic mass is 16.3. The second-order valence-corrected chi connectivity index (χ2v) is 6.94. The topological polar surface area (TPSA) is 55.1 Å². The number of aliphatic hydroxyl groups is 1. The molecule has 0 radical (unpaired) electrons. The van der Waals surface area contributed by atoms with Crippen molar-refractivity contribution >= 4 is 16.8 Å². The number of aliphatic hydroxyl groups excluding tert-OH is 1. The second kappa shape index (κ2) is 8.43. The second-order valence-electron chi connectivity index (χ2n) is 6.94. The standard InChI is InChI=1S/C20H28N2O2/c23-15-17(24)11-3-1-2-4-14-20-21-18-12-7-8-13-19(18)22(20)16-9-5-6-10-16/h7-8,12-13,16,23H,1-6,9-11,14-15H2. The Kier molecular flexibility index (Phi) is 6.02. The SMILES string of the molecule is O=C(CO)CCCCCCc1nc2ccccc2n1C1CCCC1. The van der Waals surface area contributed by atoms with Crippen LogP contribution in [0.25, 0.3) is 11.0 Å². The average Bonchev–Trinajstić information content (AvgIpc) is 3.24. The van der Waals surface area contributed by atoms with Crippen molar-refractivity contribution < 1.29 is 9.90 Å². The first-order valence-electron chi connectivity index (χ1n) is 9.38.